The van der Waals surface area contributed by atoms with E-state index in [1.165, 1.54) is 45.3 Å². The molecule has 0 saturated carbocycles. The van der Waals surface area contributed by atoms with Crippen LogP contribution in [-0.2, 0) is 4.74 Å². The summed E-state index contributed by atoms with van der Waals surface area (Å²) < 4.78 is 5.40. The molecule has 0 amide bonds. The average Bonchev–Trinajstić information content (AvgIpc) is 2.31. The third-order valence-corrected chi connectivity index (χ3v) is 3.78. The first-order chi connectivity index (χ1) is 7.36. The SMILES string of the molecule is CN(CC1CCOCC1)[C@H]1CCCNC1. The second-order valence-electron chi connectivity index (χ2n) is 5.00. The maximum absolute atomic E-state index is 5.40. The lowest BCUT2D eigenvalue weighted by Crippen LogP contribution is -2.46. The van der Waals surface area contributed by atoms with E-state index in [9.17, 15) is 0 Å². The van der Waals surface area contributed by atoms with Gasteiger partial charge in [0.15, 0.2) is 0 Å². The molecule has 1 N–H and O–H groups in total. The van der Waals surface area contributed by atoms with E-state index in [0.717, 1.165) is 25.2 Å². The van der Waals surface area contributed by atoms with Crippen molar-refractivity contribution in [1.29, 1.82) is 0 Å². The zero-order chi connectivity index (χ0) is 10.5. The van der Waals surface area contributed by atoms with Crippen LogP contribution >= 0.6 is 0 Å². The summed E-state index contributed by atoms with van der Waals surface area (Å²) in [5.41, 5.74) is 0. The first kappa shape index (κ1) is 11.4. The molecule has 1 atom stereocenters. The summed E-state index contributed by atoms with van der Waals surface area (Å²) in [4.78, 5) is 2.56. The number of ether oxygens (including phenoxy) is 1. The summed E-state index contributed by atoms with van der Waals surface area (Å²) in [7, 11) is 2.28. The molecule has 0 radical (unpaired) electrons. The van der Waals surface area contributed by atoms with Crippen molar-refractivity contribution in [2.24, 2.45) is 5.92 Å². The van der Waals surface area contributed by atoms with Gasteiger partial charge in [-0.05, 0) is 45.2 Å². The van der Waals surface area contributed by atoms with Crippen molar-refractivity contribution in [2.45, 2.75) is 31.7 Å². The van der Waals surface area contributed by atoms with Gasteiger partial charge in [0.1, 0.15) is 0 Å². The van der Waals surface area contributed by atoms with Crippen molar-refractivity contribution in [3.8, 4) is 0 Å². The van der Waals surface area contributed by atoms with Crippen LogP contribution in [-0.4, -0.2) is 50.8 Å². The Bertz CT molecular complexity index is 174. The smallest absolute Gasteiger partial charge is 0.0469 e. The fraction of sp³-hybridized carbons (Fsp3) is 1.00. The van der Waals surface area contributed by atoms with Crippen LogP contribution in [0, 0.1) is 5.92 Å². The number of piperidine rings is 1. The molecule has 0 bridgehead atoms. The summed E-state index contributed by atoms with van der Waals surface area (Å²) in [5.74, 6) is 0.866. The lowest BCUT2D eigenvalue weighted by Gasteiger charge is -2.35. The van der Waals surface area contributed by atoms with Crippen LogP contribution in [0.15, 0.2) is 0 Å². The molecule has 2 fully saturated rings. The van der Waals surface area contributed by atoms with Gasteiger partial charge in [-0.2, -0.15) is 0 Å². The fourth-order valence-electron chi connectivity index (χ4n) is 2.69. The monoisotopic (exact) mass is 212 g/mol. The van der Waals surface area contributed by atoms with E-state index in [0.29, 0.717) is 0 Å². The highest BCUT2D eigenvalue weighted by Gasteiger charge is 2.21. The van der Waals surface area contributed by atoms with Crippen LogP contribution in [0.3, 0.4) is 0 Å². The van der Waals surface area contributed by atoms with Crippen molar-refractivity contribution in [3.05, 3.63) is 0 Å². The number of nitrogens with one attached hydrogen (secondary N) is 1. The van der Waals surface area contributed by atoms with E-state index in [4.69, 9.17) is 4.74 Å². The molecule has 3 heteroatoms. The molecule has 0 unspecified atom stereocenters. The Kier molecular flexibility index (Phi) is 4.42. The van der Waals surface area contributed by atoms with Gasteiger partial charge in [0.25, 0.3) is 0 Å². The van der Waals surface area contributed by atoms with Gasteiger partial charge in [0.2, 0.25) is 0 Å². The Morgan fingerprint density at radius 2 is 2.07 bits per heavy atom. The Morgan fingerprint density at radius 3 is 2.73 bits per heavy atom. The molecule has 15 heavy (non-hydrogen) atoms. The predicted octanol–water partition coefficient (Wildman–Crippen LogP) is 1.10. The van der Waals surface area contributed by atoms with Gasteiger partial charge in [-0.3, -0.25) is 0 Å². The molecule has 0 aromatic heterocycles. The second kappa shape index (κ2) is 5.83. The zero-order valence-electron chi connectivity index (χ0n) is 9.87. The number of likely N-dealkylation sites (N-methyl/N-ethyl adjacent to an activating group) is 1. The van der Waals surface area contributed by atoms with Gasteiger partial charge in [0, 0.05) is 32.3 Å². The quantitative estimate of drug-likeness (QED) is 0.758. The number of hydrogen-bond donors (Lipinski definition) is 1. The third kappa shape index (κ3) is 3.44. The van der Waals surface area contributed by atoms with E-state index in [1.54, 1.807) is 0 Å². The van der Waals surface area contributed by atoms with E-state index >= 15 is 0 Å². The lowest BCUT2D eigenvalue weighted by molar-refractivity contribution is 0.0484. The minimum absolute atomic E-state index is 0.765. The molecule has 0 aromatic carbocycles. The molecule has 88 valence electrons. The maximum Gasteiger partial charge on any atom is 0.0469 e. The van der Waals surface area contributed by atoms with Crippen molar-refractivity contribution >= 4 is 0 Å². The largest absolute Gasteiger partial charge is 0.381 e. The van der Waals surface area contributed by atoms with E-state index in [1.807, 2.05) is 0 Å². The highest BCUT2D eigenvalue weighted by molar-refractivity contribution is 4.78. The van der Waals surface area contributed by atoms with Crippen LogP contribution < -0.4 is 5.32 Å². The molecule has 0 spiro atoms. The number of rotatable bonds is 3. The van der Waals surface area contributed by atoms with Crippen LogP contribution in [0.4, 0.5) is 0 Å². The summed E-state index contributed by atoms with van der Waals surface area (Å²) in [6, 6.07) is 0.765. The molecule has 2 aliphatic heterocycles. The molecule has 2 rings (SSSR count). The minimum Gasteiger partial charge on any atom is -0.381 e. The minimum atomic E-state index is 0.765. The van der Waals surface area contributed by atoms with Crippen LogP contribution in [0.1, 0.15) is 25.7 Å². The van der Waals surface area contributed by atoms with Crippen LogP contribution in [0.25, 0.3) is 0 Å². The Labute approximate surface area is 93.2 Å². The predicted molar refractivity (Wildman–Crippen MR) is 62.1 cm³/mol. The summed E-state index contributed by atoms with van der Waals surface area (Å²) >= 11 is 0. The van der Waals surface area contributed by atoms with Crippen molar-refractivity contribution in [1.82, 2.24) is 10.2 Å². The molecule has 0 aromatic rings. The fourth-order valence-corrected chi connectivity index (χ4v) is 2.69. The molecule has 2 saturated heterocycles. The number of nitrogens with zero attached hydrogens (tertiary/aromatic N) is 1. The summed E-state index contributed by atoms with van der Waals surface area (Å²) in [6.07, 6.45) is 5.21. The zero-order valence-corrected chi connectivity index (χ0v) is 9.87. The normalized spacial score (nSPS) is 29.6. The van der Waals surface area contributed by atoms with E-state index in [-0.39, 0.29) is 0 Å². The molecule has 2 aliphatic rings. The van der Waals surface area contributed by atoms with Crippen LogP contribution in [0.5, 0.6) is 0 Å². The Morgan fingerprint density at radius 1 is 1.27 bits per heavy atom. The first-order valence-electron chi connectivity index (χ1n) is 6.35. The van der Waals surface area contributed by atoms with Crippen molar-refractivity contribution in [3.63, 3.8) is 0 Å². The average molecular weight is 212 g/mol. The Hall–Kier alpha value is -0.120. The number of hydrogen-bond acceptors (Lipinski definition) is 3. The first-order valence-corrected chi connectivity index (χ1v) is 6.35. The van der Waals surface area contributed by atoms with Gasteiger partial charge >= 0.3 is 0 Å². The highest BCUT2D eigenvalue weighted by Crippen LogP contribution is 2.18. The molecule has 0 aliphatic carbocycles. The molecule has 3 nitrogen and oxygen atoms in total. The van der Waals surface area contributed by atoms with Gasteiger partial charge in [-0.25, -0.2) is 0 Å². The molecular formula is C12H24N2O. The Balaban J connectivity index is 1.72. The van der Waals surface area contributed by atoms with Gasteiger partial charge < -0.3 is 15.0 Å². The van der Waals surface area contributed by atoms with Crippen LogP contribution in [0.2, 0.25) is 0 Å². The van der Waals surface area contributed by atoms with E-state index < -0.39 is 0 Å². The third-order valence-electron chi connectivity index (χ3n) is 3.78. The summed E-state index contributed by atoms with van der Waals surface area (Å²) in [5, 5.41) is 3.49. The van der Waals surface area contributed by atoms with Crippen molar-refractivity contribution < 1.29 is 4.74 Å². The standard InChI is InChI=1S/C12H24N2O/c1-14(12-3-2-6-13-9-12)10-11-4-7-15-8-5-11/h11-13H,2-10H2,1H3/t12-/m0/s1. The van der Waals surface area contributed by atoms with Gasteiger partial charge in [-0.15, -0.1) is 0 Å². The maximum atomic E-state index is 5.40. The summed E-state index contributed by atoms with van der Waals surface area (Å²) in [6.45, 7) is 5.60. The second-order valence-corrected chi connectivity index (χ2v) is 5.00. The van der Waals surface area contributed by atoms with Gasteiger partial charge in [-0.1, -0.05) is 0 Å². The van der Waals surface area contributed by atoms with E-state index in [2.05, 4.69) is 17.3 Å². The topological polar surface area (TPSA) is 24.5 Å². The molecule has 2 heterocycles. The highest BCUT2D eigenvalue weighted by atomic mass is 16.5. The molecular weight excluding hydrogens is 188 g/mol. The lowest BCUT2D eigenvalue weighted by atomic mass is 9.98. The van der Waals surface area contributed by atoms with Gasteiger partial charge in [0.05, 0.1) is 0 Å². The van der Waals surface area contributed by atoms with Crippen molar-refractivity contribution in [2.75, 3.05) is 39.9 Å².